The van der Waals surface area contributed by atoms with E-state index in [1.54, 1.807) is 0 Å². The molecule has 3 nitrogen and oxygen atoms in total. The first-order valence-electron chi connectivity index (χ1n) is 3.36. The molecule has 0 aromatic carbocycles. The van der Waals surface area contributed by atoms with Gasteiger partial charge < -0.3 is 16.0 Å². The van der Waals surface area contributed by atoms with Crippen LogP contribution >= 0.6 is 0 Å². The van der Waals surface area contributed by atoms with E-state index >= 15 is 0 Å². The van der Waals surface area contributed by atoms with E-state index in [1.165, 1.54) is 20.1 Å². The normalized spacial score (nSPS) is 18.3. The maximum atomic E-state index is 4.50. The largest absolute Gasteiger partial charge is 0.333 e. The van der Waals surface area contributed by atoms with E-state index in [0.29, 0.717) is 0 Å². The Balaban J connectivity index is 0. The zero-order valence-electron chi connectivity index (χ0n) is 6.35. The van der Waals surface area contributed by atoms with Crippen LogP contribution in [0, 0.1) is 0 Å². The Morgan fingerprint density at radius 1 is 1.20 bits per heavy atom. The van der Waals surface area contributed by atoms with E-state index < -0.39 is 0 Å². The van der Waals surface area contributed by atoms with Gasteiger partial charge in [-0.05, 0) is 14.1 Å². The van der Waals surface area contributed by atoms with Gasteiger partial charge in [0.25, 0.3) is 0 Å². The molecule has 1 aliphatic heterocycles. The molecule has 1 rings (SSSR count). The molecule has 0 aromatic rings. The number of likely N-dealkylation sites (N-methyl/N-ethyl adjacent to an activating group) is 1. The van der Waals surface area contributed by atoms with Crippen molar-refractivity contribution in [1.82, 2.24) is 10.2 Å². The molecule has 0 amide bonds. The summed E-state index contributed by atoms with van der Waals surface area (Å²) >= 11 is 0. The van der Waals surface area contributed by atoms with Gasteiger partial charge in [0.05, 0.1) is 0 Å². The predicted molar refractivity (Wildman–Crippen MR) is 47.2 cm³/mol. The second-order valence-electron chi connectivity index (χ2n) is 2.05. The first kappa shape index (κ1) is 12.5. The molecule has 1 aliphatic rings. The highest BCUT2D eigenvalue weighted by atomic mass is 15.2. The molecule has 0 bridgehead atoms. The van der Waals surface area contributed by atoms with Crippen LogP contribution in [0.2, 0.25) is 0 Å². The van der Waals surface area contributed by atoms with Gasteiger partial charge in [0.15, 0.2) is 0 Å². The molecule has 0 spiro atoms. The van der Waals surface area contributed by atoms with Crippen molar-refractivity contribution in [2.75, 3.05) is 40.3 Å². The molecular formula is C7H21N3. The molecule has 0 atom stereocenters. The van der Waals surface area contributed by atoms with Gasteiger partial charge in [0.1, 0.15) is 0 Å². The summed E-state index contributed by atoms with van der Waals surface area (Å²) in [5, 5.41) is 3.27. The number of rotatable bonds is 0. The van der Waals surface area contributed by atoms with Gasteiger partial charge in [-0.25, -0.2) is 0 Å². The second kappa shape index (κ2) is 8.88. The van der Waals surface area contributed by atoms with Crippen LogP contribution in [0.1, 0.15) is 7.43 Å². The quantitative estimate of drug-likeness (QED) is 0.496. The maximum Gasteiger partial charge on any atom is 0.0104 e. The highest BCUT2D eigenvalue weighted by molar-refractivity contribution is 4.62. The number of nitrogens with zero attached hydrogens (tertiary/aromatic N) is 1. The topological polar surface area (TPSA) is 41.3 Å². The summed E-state index contributed by atoms with van der Waals surface area (Å²) in [6, 6.07) is 0. The highest BCUT2D eigenvalue weighted by Crippen LogP contribution is 1.82. The van der Waals surface area contributed by atoms with Crippen LogP contribution in [0.3, 0.4) is 0 Å². The first-order chi connectivity index (χ1) is 4.39. The first-order valence-corrected chi connectivity index (χ1v) is 3.36. The van der Waals surface area contributed by atoms with Gasteiger partial charge in [0, 0.05) is 26.2 Å². The Labute approximate surface area is 64.6 Å². The van der Waals surface area contributed by atoms with E-state index in [1.807, 2.05) is 0 Å². The van der Waals surface area contributed by atoms with E-state index in [0.717, 1.165) is 13.1 Å². The Bertz CT molecular complexity index is 50.8. The van der Waals surface area contributed by atoms with E-state index in [9.17, 15) is 0 Å². The van der Waals surface area contributed by atoms with Crippen molar-refractivity contribution in [2.24, 2.45) is 5.73 Å². The van der Waals surface area contributed by atoms with Crippen LogP contribution in [0.4, 0.5) is 0 Å². The summed E-state index contributed by atoms with van der Waals surface area (Å²) in [4.78, 5) is 2.33. The van der Waals surface area contributed by atoms with Gasteiger partial charge in [0.2, 0.25) is 0 Å². The molecule has 3 heteroatoms. The van der Waals surface area contributed by atoms with Crippen LogP contribution in [-0.2, 0) is 0 Å². The smallest absolute Gasteiger partial charge is 0.0104 e. The van der Waals surface area contributed by atoms with Crippen LogP contribution in [0.15, 0.2) is 0 Å². The van der Waals surface area contributed by atoms with E-state index in [2.05, 4.69) is 23.0 Å². The monoisotopic (exact) mass is 147 g/mol. The molecule has 0 aromatic heterocycles. The van der Waals surface area contributed by atoms with Crippen molar-refractivity contribution in [1.29, 1.82) is 0 Å². The third-order valence-corrected chi connectivity index (χ3v) is 1.34. The second-order valence-corrected chi connectivity index (χ2v) is 2.05. The summed E-state index contributed by atoms with van der Waals surface area (Å²) in [6.07, 6.45) is 0. The summed E-state index contributed by atoms with van der Waals surface area (Å²) < 4.78 is 0. The SMILES string of the molecule is C.CN.CN1CCNCC1. The summed E-state index contributed by atoms with van der Waals surface area (Å²) in [5.41, 5.74) is 4.50. The fourth-order valence-electron chi connectivity index (χ4n) is 0.777. The Morgan fingerprint density at radius 2 is 1.60 bits per heavy atom. The Morgan fingerprint density at radius 3 is 1.80 bits per heavy atom. The number of piperazine rings is 1. The minimum absolute atomic E-state index is 0. The molecule has 0 aliphatic carbocycles. The van der Waals surface area contributed by atoms with Crippen LogP contribution in [0.5, 0.6) is 0 Å². The van der Waals surface area contributed by atoms with Gasteiger partial charge in [-0.3, -0.25) is 0 Å². The van der Waals surface area contributed by atoms with Crippen molar-refractivity contribution in [2.45, 2.75) is 7.43 Å². The third kappa shape index (κ3) is 6.01. The summed E-state index contributed by atoms with van der Waals surface area (Å²) in [7, 11) is 3.65. The fourth-order valence-corrected chi connectivity index (χ4v) is 0.777. The van der Waals surface area contributed by atoms with Gasteiger partial charge >= 0.3 is 0 Å². The highest BCUT2D eigenvalue weighted by Gasteiger charge is 2.01. The molecule has 1 fully saturated rings. The fraction of sp³-hybridized carbons (Fsp3) is 1.00. The molecule has 10 heavy (non-hydrogen) atoms. The van der Waals surface area contributed by atoms with Gasteiger partial charge in [-0.2, -0.15) is 0 Å². The standard InChI is InChI=1S/C5H12N2.CH5N.CH4/c1-7-4-2-6-3-5-7;1-2;/h6H,2-5H2,1H3;2H2,1H3;1H4. The Hall–Kier alpha value is -0.120. The average Bonchev–Trinajstić information content (AvgIpc) is 1.94. The lowest BCUT2D eigenvalue weighted by Gasteiger charge is -2.21. The number of hydrogen-bond acceptors (Lipinski definition) is 3. The Kier molecular flexibility index (Phi) is 11.1. The van der Waals surface area contributed by atoms with E-state index in [-0.39, 0.29) is 7.43 Å². The van der Waals surface area contributed by atoms with Gasteiger partial charge in [-0.1, -0.05) is 7.43 Å². The van der Waals surface area contributed by atoms with Gasteiger partial charge in [-0.15, -0.1) is 0 Å². The average molecular weight is 147 g/mol. The van der Waals surface area contributed by atoms with Crippen molar-refractivity contribution >= 4 is 0 Å². The lowest BCUT2D eigenvalue weighted by molar-refractivity contribution is 0.291. The summed E-state index contributed by atoms with van der Waals surface area (Å²) in [5.74, 6) is 0. The van der Waals surface area contributed by atoms with Crippen molar-refractivity contribution in [3.63, 3.8) is 0 Å². The molecule has 64 valence electrons. The maximum absolute atomic E-state index is 4.50. The van der Waals surface area contributed by atoms with Crippen molar-refractivity contribution in [3.8, 4) is 0 Å². The summed E-state index contributed by atoms with van der Waals surface area (Å²) in [6.45, 7) is 4.74. The predicted octanol–water partition coefficient (Wildman–Crippen LogP) is -0.268. The molecule has 3 N–H and O–H groups in total. The molecule has 0 saturated carbocycles. The third-order valence-electron chi connectivity index (χ3n) is 1.34. The number of nitrogens with one attached hydrogen (secondary N) is 1. The van der Waals surface area contributed by atoms with Crippen LogP contribution in [0.25, 0.3) is 0 Å². The molecule has 1 heterocycles. The van der Waals surface area contributed by atoms with Crippen molar-refractivity contribution in [3.05, 3.63) is 0 Å². The minimum atomic E-state index is 0. The minimum Gasteiger partial charge on any atom is -0.333 e. The van der Waals surface area contributed by atoms with Crippen LogP contribution in [-0.4, -0.2) is 45.2 Å². The molecule has 0 unspecified atom stereocenters. The van der Waals surface area contributed by atoms with Crippen molar-refractivity contribution < 1.29 is 0 Å². The molecule has 1 saturated heterocycles. The number of hydrogen-bond donors (Lipinski definition) is 2. The zero-order chi connectivity index (χ0) is 7.11. The van der Waals surface area contributed by atoms with E-state index in [4.69, 9.17) is 0 Å². The molecule has 0 radical (unpaired) electrons. The lowest BCUT2D eigenvalue weighted by Crippen LogP contribution is -2.40. The lowest BCUT2D eigenvalue weighted by atomic mass is 10.4. The van der Waals surface area contributed by atoms with Crippen LogP contribution < -0.4 is 11.1 Å². The zero-order valence-corrected chi connectivity index (χ0v) is 6.35. The number of nitrogens with two attached hydrogens (primary N) is 1. The molecular weight excluding hydrogens is 126 g/mol.